The zero-order chi connectivity index (χ0) is 5.70. The van der Waals surface area contributed by atoms with Crippen LogP contribution >= 0.6 is 0 Å². The fourth-order valence-electron chi connectivity index (χ4n) is 0.425. The van der Waals surface area contributed by atoms with E-state index < -0.39 is 0 Å². The van der Waals surface area contributed by atoms with E-state index in [1.165, 1.54) is 0 Å². The number of aliphatic hydroxyl groups excluding tert-OH is 1. The Balaban J connectivity index is 2.99. The van der Waals surface area contributed by atoms with E-state index in [1.54, 1.807) is 0 Å². The minimum Gasteiger partial charge on any atom is -0.395 e. The van der Waals surface area contributed by atoms with Gasteiger partial charge in [0.25, 0.3) is 0 Å². The number of rotatable bonds is 3. The van der Waals surface area contributed by atoms with Gasteiger partial charge < -0.3 is 10.4 Å². The lowest BCUT2D eigenvalue weighted by Crippen LogP contribution is -2.27. The molecular formula is C5H13NO. The average molecular weight is 103 g/mol. The summed E-state index contributed by atoms with van der Waals surface area (Å²) < 4.78 is 0. The van der Waals surface area contributed by atoms with Crippen LogP contribution in [-0.2, 0) is 0 Å². The van der Waals surface area contributed by atoms with Gasteiger partial charge in [0.15, 0.2) is 0 Å². The summed E-state index contributed by atoms with van der Waals surface area (Å²) >= 11 is 0. The largest absolute Gasteiger partial charge is 0.395 e. The predicted octanol–water partition coefficient (Wildman–Crippen LogP) is -0.0233. The van der Waals surface area contributed by atoms with Crippen molar-refractivity contribution in [2.45, 2.75) is 19.4 Å². The van der Waals surface area contributed by atoms with Gasteiger partial charge in [-0.1, -0.05) is 6.92 Å². The third-order valence-corrected chi connectivity index (χ3v) is 1.12. The van der Waals surface area contributed by atoms with Crippen molar-refractivity contribution in [2.75, 3.05) is 13.7 Å². The Morgan fingerprint density at radius 2 is 2.29 bits per heavy atom. The molecule has 0 aliphatic carbocycles. The minimum absolute atomic E-state index is 0.243. The summed E-state index contributed by atoms with van der Waals surface area (Å²) in [4.78, 5) is 0. The van der Waals surface area contributed by atoms with Crippen molar-refractivity contribution in [3.63, 3.8) is 0 Å². The summed E-state index contributed by atoms with van der Waals surface area (Å²) in [6.45, 7) is 2.28. The first-order chi connectivity index (χ1) is 3.35. The van der Waals surface area contributed by atoms with E-state index in [0.717, 1.165) is 6.42 Å². The monoisotopic (exact) mass is 103 g/mol. The summed E-state index contributed by atoms with van der Waals surface area (Å²) in [6, 6.07) is 0.292. The highest BCUT2D eigenvalue weighted by Crippen LogP contribution is 1.84. The Labute approximate surface area is 44.5 Å². The van der Waals surface area contributed by atoms with Crippen molar-refractivity contribution < 1.29 is 5.11 Å². The van der Waals surface area contributed by atoms with Crippen molar-refractivity contribution in [2.24, 2.45) is 0 Å². The Morgan fingerprint density at radius 1 is 1.71 bits per heavy atom. The van der Waals surface area contributed by atoms with E-state index in [9.17, 15) is 0 Å². The molecule has 0 aromatic heterocycles. The van der Waals surface area contributed by atoms with Crippen LogP contribution in [0.4, 0.5) is 0 Å². The van der Waals surface area contributed by atoms with Gasteiger partial charge in [-0.3, -0.25) is 0 Å². The maximum absolute atomic E-state index is 8.46. The Kier molecular flexibility index (Phi) is 4.04. The van der Waals surface area contributed by atoms with Crippen LogP contribution in [0.3, 0.4) is 0 Å². The van der Waals surface area contributed by atoms with Crippen molar-refractivity contribution in [3.05, 3.63) is 0 Å². The zero-order valence-corrected chi connectivity index (χ0v) is 4.94. The molecule has 0 spiro atoms. The second kappa shape index (κ2) is 4.09. The lowest BCUT2D eigenvalue weighted by Gasteiger charge is -2.07. The molecule has 0 amide bonds. The van der Waals surface area contributed by atoms with Gasteiger partial charge in [0.05, 0.1) is 6.61 Å². The molecule has 0 aromatic rings. The lowest BCUT2D eigenvalue weighted by molar-refractivity contribution is 0.245. The van der Waals surface area contributed by atoms with Crippen LogP contribution in [0.15, 0.2) is 0 Å². The lowest BCUT2D eigenvalue weighted by atomic mass is 10.2. The third-order valence-electron chi connectivity index (χ3n) is 1.12. The second-order valence-electron chi connectivity index (χ2n) is 1.58. The molecule has 2 N–H and O–H groups in total. The van der Waals surface area contributed by atoms with Gasteiger partial charge in [-0.05, 0) is 13.5 Å². The Morgan fingerprint density at radius 3 is 2.29 bits per heavy atom. The molecule has 0 saturated heterocycles. The fourth-order valence-corrected chi connectivity index (χ4v) is 0.425. The van der Waals surface area contributed by atoms with Gasteiger partial charge in [-0.15, -0.1) is 0 Å². The average Bonchev–Trinajstić information content (AvgIpc) is 1.72. The number of hydrogen-bond donors (Lipinski definition) is 2. The summed E-state index contributed by atoms with van der Waals surface area (Å²) in [7, 11) is 1.85. The van der Waals surface area contributed by atoms with Gasteiger partial charge in [-0.25, -0.2) is 0 Å². The summed E-state index contributed by atoms with van der Waals surface area (Å²) in [5, 5.41) is 11.4. The fraction of sp³-hybridized carbons (Fsp3) is 1.00. The van der Waals surface area contributed by atoms with Crippen molar-refractivity contribution in [3.8, 4) is 0 Å². The first-order valence-corrected chi connectivity index (χ1v) is 2.63. The highest BCUT2D eigenvalue weighted by molar-refractivity contribution is 4.56. The van der Waals surface area contributed by atoms with Gasteiger partial charge in [0.1, 0.15) is 0 Å². The maximum atomic E-state index is 8.46. The van der Waals surface area contributed by atoms with E-state index >= 15 is 0 Å². The van der Waals surface area contributed by atoms with Crippen molar-refractivity contribution in [1.82, 2.24) is 5.32 Å². The molecule has 2 nitrogen and oxygen atoms in total. The van der Waals surface area contributed by atoms with Crippen molar-refractivity contribution >= 4 is 0 Å². The molecule has 1 atom stereocenters. The van der Waals surface area contributed by atoms with Gasteiger partial charge in [0, 0.05) is 6.04 Å². The van der Waals surface area contributed by atoms with Crippen LogP contribution in [0.25, 0.3) is 0 Å². The molecular weight excluding hydrogens is 90.1 g/mol. The van der Waals surface area contributed by atoms with Crippen molar-refractivity contribution in [1.29, 1.82) is 0 Å². The molecule has 0 aromatic carbocycles. The molecule has 0 aliphatic heterocycles. The molecule has 2 heteroatoms. The number of nitrogens with one attached hydrogen (secondary N) is 1. The highest BCUT2D eigenvalue weighted by Gasteiger charge is 1.95. The van der Waals surface area contributed by atoms with Gasteiger partial charge in [0.2, 0.25) is 0 Å². The molecule has 0 heterocycles. The van der Waals surface area contributed by atoms with Gasteiger partial charge >= 0.3 is 0 Å². The van der Waals surface area contributed by atoms with Gasteiger partial charge in [-0.2, -0.15) is 0 Å². The Hall–Kier alpha value is -0.0800. The Bertz CT molecular complexity index is 29.6. The number of likely N-dealkylation sites (N-methyl/N-ethyl adjacent to an activating group) is 1. The second-order valence-corrected chi connectivity index (χ2v) is 1.58. The van der Waals surface area contributed by atoms with E-state index in [0.29, 0.717) is 6.04 Å². The quantitative estimate of drug-likeness (QED) is 0.526. The molecule has 0 aliphatic rings. The highest BCUT2D eigenvalue weighted by atomic mass is 16.3. The molecule has 0 bridgehead atoms. The smallest absolute Gasteiger partial charge is 0.0584 e. The molecule has 0 fully saturated rings. The topological polar surface area (TPSA) is 32.3 Å². The van der Waals surface area contributed by atoms with E-state index in [4.69, 9.17) is 5.11 Å². The molecule has 1 unspecified atom stereocenters. The summed E-state index contributed by atoms with van der Waals surface area (Å²) in [6.07, 6.45) is 0.993. The molecule has 0 saturated carbocycles. The third kappa shape index (κ3) is 2.60. The normalized spacial score (nSPS) is 14.1. The SMILES string of the molecule is CCC(CO)NC. The predicted molar refractivity (Wildman–Crippen MR) is 30.2 cm³/mol. The molecule has 0 rings (SSSR count). The summed E-state index contributed by atoms with van der Waals surface area (Å²) in [5.41, 5.74) is 0. The van der Waals surface area contributed by atoms with Crippen LogP contribution in [0, 0.1) is 0 Å². The first kappa shape index (κ1) is 6.92. The molecule has 7 heavy (non-hydrogen) atoms. The standard InChI is InChI=1S/C5H13NO/c1-3-5(4-7)6-2/h5-7H,3-4H2,1-2H3. The first-order valence-electron chi connectivity index (χ1n) is 2.63. The number of aliphatic hydroxyl groups is 1. The van der Waals surface area contributed by atoms with E-state index in [1.807, 2.05) is 14.0 Å². The summed E-state index contributed by atoms with van der Waals surface area (Å²) in [5.74, 6) is 0. The van der Waals surface area contributed by atoms with Crippen LogP contribution in [0.1, 0.15) is 13.3 Å². The minimum atomic E-state index is 0.243. The zero-order valence-electron chi connectivity index (χ0n) is 4.94. The van der Waals surface area contributed by atoms with Crippen LogP contribution in [-0.4, -0.2) is 24.8 Å². The number of hydrogen-bond acceptors (Lipinski definition) is 2. The van der Waals surface area contributed by atoms with Crippen LogP contribution < -0.4 is 5.32 Å². The van der Waals surface area contributed by atoms with Crippen LogP contribution in [0.5, 0.6) is 0 Å². The molecule has 44 valence electrons. The maximum Gasteiger partial charge on any atom is 0.0584 e. The van der Waals surface area contributed by atoms with E-state index in [-0.39, 0.29) is 6.61 Å². The molecule has 0 radical (unpaired) electrons. The van der Waals surface area contributed by atoms with E-state index in [2.05, 4.69) is 5.32 Å². The van der Waals surface area contributed by atoms with Crippen LogP contribution in [0.2, 0.25) is 0 Å².